The van der Waals surface area contributed by atoms with Crippen molar-refractivity contribution in [3.63, 3.8) is 0 Å². The summed E-state index contributed by atoms with van der Waals surface area (Å²) in [5.74, 6) is 2.19. The van der Waals surface area contributed by atoms with Crippen LogP contribution in [0.4, 0.5) is 5.69 Å². The summed E-state index contributed by atoms with van der Waals surface area (Å²) in [5, 5.41) is 2.90. The van der Waals surface area contributed by atoms with E-state index in [2.05, 4.69) is 5.32 Å². The fraction of sp³-hybridized carbons (Fsp3) is 0.417. The number of nitrogens with one attached hydrogen (secondary N) is 1. The molecule has 2 aliphatic heterocycles. The Morgan fingerprint density at radius 2 is 1.87 bits per heavy atom. The second-order valence-corrected chi connectivity index (χ2v) is 8.23. The van der Waals surface area contributed by atoms with Gasteiger partial charge in [0.25, 0.3) is 5.91 Å². The quantitative estimate of drug-likeness (QED) is 0.770. The zero-order chi connectivity index (χ0) is 21.2. The summed E-state index contributed by atoms with van der Waals surface area (Å²) in [5.41, 5.74) is 1.75. The molecular weight excluding hydrogens is 396 g/mol. The maximum Gasteiger partial charge on any atom is 0.261 e. The van der Waals surface area contributed by atoms with Crippen molar-refractivity contribution in [3.05, 3.63) is 48.0 Å². The number of hydrogen-bond donors (Lipinski definition) is 1. The molecule has 5 rings (SSSR count). The highest BCUT2D eigenvalue weighted by Crippen LogP contribution is 2.38. The van der Waals surface area contributed by atoms with E-state index >= 15 is 0 Å². The molecular formula is C24H26N2O5. The van der Waals surface area contributed by atoms with Gasteiger partial charge < -0.3 is 24.4 Å². The molecule has 1 unspecified atom stereocenters. The highest BCUT2D eigenvalue weighted by molar-refractivity contribution is 5.94. The number of anilines is 1. The van der Waals surface area contributed by atoms with Gasteiger partial charge in [-0.1, -0.05) is 12.1 Å². The van der Waals surface area contributed by atoms with Gasteiger partial charge in [-0.05, 0) is 55.5 Å². The number of ether oxygens (including phenoxy) is 3. The lowest BCUT2D eigenvalue weighted by molar-refractivity contribution is -0.134. The maximum absolute atomic E-state index is 12.9. The van der Waals surface area contributed by atoms with Gasteiger partial charge in [-0.25, -0.2) is 0 Å². The molecule has 2 aromatic rings. The van der Waals surface area contributed by atoms with Crippen LogP contribution in [0.2, 0.25) is 0 Å². The topological polar surface area (TPSA) is 77.1 Å². The molecule has 1 atom stereocenters. The summed E-state index contributed by atoms with van der Waals surface area (Å²) in [6.07, 6.45) is 3.77. The number of nitrogens with zero attached hydrogens (tertiary/aromatic N) is 1. The van der Waals surface area contributed by atoms with Crippen LogP contribution in [0.3, 0.4) is 0 Å². The van der Waals surface area contributed by atoms with Gasteiger partial charge in [-0.15, -0.1) is 0 Å². The van der Waals surface area contributed by atoms with Gasteiger partial charge in [0.1, 0.15) is 19.0 Å². The van der Waals surface area contributed by atoms with Crippen molar-refractivity contribution in [2.45, 2.75) is 31.7 Å². The van der Waals surface area contributed by atoms with Crippen molar-refractivity contribution in [3.8, 4) is 17.2 Å². The summed E-state index contributed by atoms with van der Waals surface area (Å²) in [4.78, 5) is 26.8. The van der Waals surface area contributed by atoms with Crippen LogP contribution in [0, 0.1) is 5.92 Å². The van der Waals surface area contributed by atoms with Crippen molar-refractivity contribution in [1.29, 1.82) is 0 Å². The number of carbonyl (C=O) groups excluding carboxylic acids is 2. The smallest absolute Gasteiger partial charge is 0.261 e. The molecule has 1 aliphatic carbocycles. The monoisotopic (exact) mass is 422 g/mol. The third-order valence-corrected chi connectivity index (χ3v) is 5.94. The van der Waals surface area contributed by atoms with Gasteiger partial charge in [-0.2, -0.15) is 0 Å². The van der Waals surface area contributed by atoms with Gasteiger partial charge in [-0.3, -0.25) is 9.59 Å². The van der Waals surface area contributed by atoms with Crippen molar-refractivity contribution in [2.75, 3.05) is 31.7 Å². The molecule has 2 amide bonds. The fourth-order valence-corrected chi connectivity index (χ4v) is 4.16. The van der Waals surface area contributed by atoms with E-state index in [4.69, 9.17) is 14.2 Å². The number of fused-ring (bicyclic) bond motifs is 1. The van der Waals surface area contributed by atoms with Crippen LogP contribution in [-0.4, -0.2) is 43.1 Å². The first-order chi connectivity index (χ1) is 15.2. The lowest BCUT2D eigenvalue weighted by Gasteiger charge is -2.26. The van der Waals surface area contributed by atoms with Gasteiger partial charge in [0.05, 0.1) is 6.04 Å². The van der Waals surface area contributed by atoms with Crippen molar-refractivity contribution in [2.24, 2.45) is 5.92 Å². The summed E-state index contributed by atoms with van der Waals surface area (Å²) >= 11 is 0. The normalized spacial score (nSPS) is 19.7. The Labute approximate surface area is 181 Å². The van der Waals surface area contributed by atoms with Gasteiger partial charge >= 0.3 is 0 Å². The van der Waals surface area contributed by atoms with Gasteiger partial charge in [0, 0.05) is 24.2 Å². The van der Waals surface area contributed by atoms with Crippen LogP contribution in [-0.2, 0) is 9.59 Å². The van der Waals surface area contributed by atoms with Crippen LogP contribution in [0.5, 0.6) is 17.2 Å². The molecule has 2 fully saturated rings. The summed E-state index contributed by atoms with van der Waals surface area (Å²) in [6, 6.07) is 13.1. The van der Waals surface area contributed by atoms with E-state index in [1.807, 2.05) is 35.2 Å². The molecule has 0 radical (unpaired) electrons. The van der Waals surface area contributed by atoms with E-state index < -0.39 is 0 Å². The molecule has 31 heavy (non-hydrogen) atoms. The zero-order valence-electron chi connectivity index (χ0n) is 17.3. The van der Waals surface area contributed by atoms with Gasteiger partial charge in [0.2, 0.25) is 5.91 Å². The molecule has 7 nitrogen and oxygen atoms in total. The number of amides is 2. The Morgan fingerprint density at radius 1 is 1.03 bits per heavy atom. The number of benzene rings is 2. The number of rotatable bonds is 6. The molecule has 7 heteroatoms. The Hall–Kier alpha value is -3.22. The fourth-order valence-electron chi connectivity index (χ4n) is 4.16. The molecule has 0 aromatic heterocycles. The third kappa shape index (κ3) is 4.45. The average molecular weight is 422 g/mol. The standard InChI is InChI=1S/C24H26N2O5/c27-23(15-31-19-4-1-3-18(14-19)25-24(28)16-6-7-16)26-10-2-5-20(26)17-8-9-21-22(13-17)30-12-11-29-21/h1,3-4,8-9,13-14,16,20H,2,5-7,10-12,15H2,(H,25,28). The Morgan fingerprint density at radius 3 is 2.71 bits per heavy atom. The van der Waals surface area contributed by atoms with Gasteiger partial charge in [0.15, 0.2) is 18.1 Å². The molecule has 2 heterocycles. The molecule has 0 bridgehead atoms. The van der Waals surface area contributed by atoms with E-state index in [0.717, 1.165) is 42.7 Å². The first kappa shape index (κ1) is 19.7. The minimum absolute atomic E-state index is 0.0103. The third-order valence-electron chi connectivity index (χ3n) is 5.94. The number of hydrogen-bond acceptors (Lipinski definition) is 5. The predicted octanol–water partition coefficient (Wildman–Crippen LogP) is 3.55. The SMILES string of the molecule is O=C(Nc1cccc(OCC(=O)N2CCCC2c2ccc3c(c2)OCCO3)c1)C1CC1. The lowest BCUT2D eigenvalue weighted by Crippen LogP contribution is -2.34. The summed E-state index contributed by atoms with van der Waals surface area (Å²) in [7, 11) is 0. The van der Waals surface area contributed by atoms with Crippen LogP contribution in [0.15, 0.2) is 42.5 Å². The van der Waals surface area contributed by atoms with E-state index in [-0.39, 0.29) is 30.4 Å². The Kier molecular flexibility index (Phi) is 5.40. The molecule has 1 saturated heterocycles. The summed E-state index contributed by atoms with van der Waals surface area (Å²) in [6.45, 7) is 1.76. The molecule has 162 valence electrons. The average Bonchev–Trinajstić information content (AvgIpc) is 3.54. The maximum atomic E-state index is 12.9. The molecule has 1 saturated carbocycles. The van der Waals surface area contributed by atoms with Crippen LogP contribution < -0.4 is 19.5 Å². The molecule has 0 spiro atoms. The Balaban J connectivity index is 1.21. The molecule has 1 N–H and O–H groups in total. The van der Waals surface area contributed by atoms with Crippen LogP contribution in [0.25, 0.3) is 0 Å². The number of likely N-dealkylation sites (tertiary alicyclic amines) is 1. The lowest BCUT2D eigenvalue weighted by atomic mass is 10.0. The van der Waals surface area contributed by atoms with Crippen molar-refractivity contribution >= 4 is 17.5 Å². The minimum atomic E-state index is -0.0511. The largest absolute Gasteiger partial charge is 0.486 e. The highest BCUT2D eigenvalue weighted by Gasteiger charge is 2.31. The first-order valence-electron chi connectivity index (χ1n) is 10.9. The second-order valence-electron chi connectivity index (χ2n) is 8.23. The van der Waals surface area contributed by atoms with Crippen LogP contribution in [0.1, 0.15) is 37.3 Å². The van der Waals surface area contributed by atoms with Crippen LogP contribution >= 0.6 is 0 Å². The van der Waals surface area contributed by atoms with E-state index in [9.17, 15) is 9.59 Å². The van der Waals surface area contributed by atoms with E-state index in [1.54, 1.807) is 12.1 Å². The van der Waals surface area contributed by atoms with Crippen molar-refractivity contribution < 1.29 is 23.8 Å². The second kappa shape index (κ2) is 8.49. The highest BCUT2D eigenvalue weighted by atomic mass is 16.6. The molecule has 2 aromatic carbocycles. The first-order valence-corrected chi connectivity index (χ1v) is 10.9. The zero-order valence-corrected chi connectivity index (χ0v) is 17.3. The van der Waals surface area contributed by atoms with E-state index in [1.165, 1.54) is 0 Å². The van der Waals surface area contributed by atoms with E-state index in [0.29, 0.717) is 31.2 Å². The molecule has 3 aliphatic rings. The predicted molar refractivity (Wildman–Crippen MR) is 114 cm³/mol. The summed E-state index contributed by atoms with van der Waals surface area (Å²) < 4.78 is 17.1. The number of carbonyl (C=O) groups is 2. The Bertz CT molecular complexity index is 988. The van der Waals surface area contributed by atoms with Crippen molar-refractivity contribution in [1.82, 2.24) is 4.90 Å². The minimum Gasteiger partial charge on any atom is -0.486 e.